The second kappa shape index (κ2) is 6.57. The lowest BCUT2D eigenvalue weighted by Gasteiger charge is -2.09. The Bertz CT molecular complexity index is 662. The third kappa shape index (κ3) is 3.20. The molecule has 0 saturated carbocycles. The van der Waals surface area contributed by atoms with Crippen molar-refractivity contribution in [3.63, 3.8) is 0 Å². The first-order valence-electron chi connectivity index (χ1n) is 6.18. The van der Waals surface area contributed by atoms with Gasteiger partial charge in [-0.2, -0.15) is 0 Å². The number of hydrogen-bond acceptors (Lipinski definition) is 3. The molecule has 0 amide bonds. The van der Waals surface area contributed by atoms with Gasteiger partial charge in [0.05, 0.1) is 11.6 Å². The monoisotopic (exact) mass is 334 g/mol. The Balaban J connectivity index is 2.15. The molecule has 2 aromatic carbocycles. The number of esters is 1. The predicted octanol–water partition coefficient (Wildman–Crippen LogP) is 4.10. The highest BCUT2D eigenvalue weighted by Gasteiger charge is 2.06. The van der Waals surface area contributed by atoms with Crippen molar-refractivity contribution >= 4 is 32.7 Å². The lowest BCUT2D eigenvalue weighted by molar-refractivity contribution is -0.136. The number of ether oxygens (including phenoxy) is 2. The lowest BCUT2D eigenvalue weighted by atomic mass is 10.1. The summed E-state index contributed by atoms with van der Waals surface area (Å²) in [6.45, 7) is 2.02. The van der Waals surface area contributed by atoms with E-state index in [-0.39, 0.29) is 5.97 Å². The Labute approximate surface area is 126 Å². The highest BCUT2D eigenvalue weighted by molar-refractivity contribution is 9.10. The third-order valence-corrected chi connectivity index (χ3v) is 3.78. The van der Waals surface area contributed by atoms with Gasteiger partial charge in [0.25, 0.3) is 0 Å². The van der Waals surface area contributed by atoms with Crippen LogP contribution in [0.25, 0.3) is 10.8 Å². The van der Waals surface area contributed by atoms with Crippen LogP contribution in [0, 0.1) is 0 Å². The van der Waals surface area contributed by atoms with Gasteiger partial charge in [0, 0.05) is 5.57 Å². The van der Waals surface area contributed by atoms with E-state index in [0.29, 0.717) is 12.2 Å². The Morgan fingerprint density at radius 2 is 2.00 bits per heavy atom. The van der Waals surface area contributed by atoms with Gasteiger partial charge in [0.15, 0.2) is 0 Å². The van der Waals surface area contributed by atoms with Crippen molar-refractivity contribution in [1.82, 2.24) is 0 Å². The van der Waals surface area contributed by atoms with Crippen LogP contribution in [0.1, 0.15) is 6.92 Å². The molecule has 0 radical (unpaired) electrons. The van der Waals surface area contributed by atoms with Crippen LogP contribution < -0.4 is 4.74 Å². The Morgan fingerprint density at radius 3 is 2.75 bits per heavy atom. The van der Waals surface area contributed by atoms with Crippen LogP contribution in [0.5, 0.6) is 5.75 Å². The summed E-state index contributed by atoms with van der Waals surface area (Å²) in [6, 6.07) is 12.0. The van der Waals surface area contributed by atoms with Crippen LogP contribution in [0.2, 0.25) is 0 Å². The molecule has 0 aromatic heterocycles. The van der Waals surface area contributed by atoms with E-state index in [4.69, 9.17) is 4.74 Å². The zero-order valence-corrected chi connectivity index (χ0v) is 12.9. The molecule has 20 heavy (non-hydrogen) atoms. The fourth-order valence-electron chi connectivity index (χ4n) is 1.83. The summed E-state index contributed by atoms with van der Waals surface area (Å²) in [5, 5.41) is 2.24. The number of carbonyl (C=O) groups excluding carboxylic acids is 1. The molecule has 4 heteroatoms. The average Bonchev–Trinajstić information content (AvgIpc) is 2.48. The molecular weight excluding hydrogens is 320 g/mol. The van der Waals surface area contributed by atoms with Gasteiger partial charge in [-0.15, -0.1) is 0 Å². The molecule has 0 aliphatic carbocycles. The number of benzene rings is 2. The normalized spacial score (nSPS) is 11.4. The molecule has 3 nitrogen and oxygen atoms in total. The van der Waals surface area contributed by atoms with E-state index in [1.807, 2.05) is 36.4 Å². The van der Waals surface area contributed by atoms with Gasteiger partial charge in [-0.05, 0) is 45.8 Å². The molecule has 0 bridgehead atoms. The molecule has 0 spiro atoms. The van der Waals surface area contributed by atoms with Crippen molar-refractivity contribution in [2.45, 2.75) is 6.92 Å². The fourth-order valence-corrected chi connectivity index (χ4v) is 2.43. The summed E-state index contributed by atoms with van der Waals surface area (Å²) in [5.74, 6) is 0.406. The summed E-state index contributed by atoms with van der Waals surface area (Å²) in [6.07, 6.45) is 1.70. The first-order valence-corrected chi connectivity index (χ1v) is 6.98. The Hall–Kier alpha value is -1.81. The Kier molecular flexibility index (Phi) is 4.79. The summed E-state index contributed by atoms with van der Waals surface area (Å²) in [4.78, 5) is 11.2. The quantitative estimate of drug-likeness (QED) is 0.623. The molecule has 0 aliphatic heterocycles. The van der Waals surface area contributed by atoms with Gasteiger partial charge in [-0.1, -0.05) is 30.3 Å². The van der Waals surface area contributed by atoms with Gasteiger partial charge < -0.3 is 9.47 Å². The molecule has 0 fully saturated rings. The maximum absolute atomic E-state index is 11.2. The van der Waals surface area contributed by atoms with Crippen molar-refractivity contribution in [1.29, 1.82) is 0 Å². The molecule has 0 saturated heterocycles. The minimum atomic E-state index is -0.342. The maximum atomic E-state index is 11.2. The van der Waals surface area contributed by atoms with Crippen molar-refractivity contribution in [2.24, 2.45) is 0 Å². The van der Waals surface area contributed by atoms with Crippen LogP contribution in [-0.2, 0) is 9.53 Å². The highest BCUT2D eigenvalue weighted by Crippen LogP contribution is 2.32. The first kappa shape index (κ1) is 14.6. The molecule has 0 aliphatic rings. The van der Waals surface area contributed by atoms with Crippen molar-refractivity contribution in [3.8, 4) is 5.75 Å². The zero-order valence-electron chi connectivity index (χ0n) is 11.4. The van der Waals surface area contributed by atoms with Gasteiger partial charge in [0.1, 0.15) is 12.4 Å². The summed E-state index contributed by atoms with van der Waals surface area (Å²) in [5.41, 5.74) is 0.532. The van der Waals surface area contributed by atoms with Crippen molar-refractivity contribution in [2.75, 3.05) is 13.7 Å². The molecule has 0 unspecified atom stereocenters. The smallest absolute Gasteiger partial charge is 0.333 e. The highest BCUT2D eigenvalue weighted by atomic mass is 79.9. The number of carbonyl (C=O) groups is 1. The largest absolute Gasteiger partial charge is 0.488 e. The minimum absolute atomic E-state index is 0.317. The first-order chi connectivity index (χ1) is 9.63. The van der Waals surface area contributed by atoms with E-state index in [1.165, 1.54) is 7.11 Å². The number of halogens is 1. The zero-order chi connectivity index (χ0) is 14.5. The van der Waals surface area contributed by atoms with Crippen molar-refractivity contribution in [3.05, 3.63) is 52.5 Å². The second-order valence-electron chi connectivity index (χ2n) is 4.29. The summed E-state index contributed by atoms with van der Waals surface area (Å²) >= 11 is 3.55. The Morgan fingerprint density at radius 1 is 1.25 bits per heavy atom. The number of fused-ring (bicyclic) bond motifs is 1. The van der Waals surface area contributed by atoms with Gasteiger partial charge in [-0.25, -0.2) is 4.79 Å². The molecule has 0 N–H and O–H groups in total. The van der Waals surface area contributed by atoms with E-state index >= 15 is 0 Å². The maximum Gasteiger partial charge on any atom is 0.333 e. The molecule has 2 rings (SSSR count). The fraction of sp³-hybridized carbons (Fsp3) is 0.188. The number of hydrogen-bond donors (Lipinski definition) is 0. The lowest BCUT2D eigenvalue weighted by Crippen LogP contribution is -2.04. The van der Waals surface area contributed by atoms with Crippen molar-refractivity contribution < 1.29 is 14.3 Å². The van der Waals surface area contributed by atoms with E-state index in [0.717, 1.165) is 21.0 Å². The van der Waals surface area contributed by atoms with Crippen LogP contribution in [0.3, 0.4) is 0 Å². The van der Waals surface area contributed by atoms with Gasteiger partial charge in [0.2, 0.25) is 0 Å². The SMILES string of the molecule is COC(=O)C(C)=CCOc1ccc2ccccc2c1Br. The van der Waals surface area contributed by atoms with Crippen LogP contribution in [0.15, 0.2) is 52.5 Å². The van der Waals surface area contributed by atoms with E-state index in [2.05, 4.69) is 20.7 Å². The summed E-state index contributed by atoms with van der Waals surface area (Å²) in [7, 11) is 1.36. The van der Waals surface area contributed by atoms with Gasteiger partial charge in [-0.3, -0.25) is 0 Å². The van der Waals surface area contributed by atoms with Gasteiger partial charge >= 0.3 is 5.97 Å². The predicted molar refractivity (Wildman–Crippen MR) is 82.9 cm³/mol. The van der Waals surface area contributed by atoms with Crippen LogP contribution in [-0.4, -0.2) is 19.7 Å². The van der Waals surface area contributed by atoms with E-state index in [1.54, 1.807) is 13.0 Å². The van der Waals surface area contributed by atoms with Crippen LogP contribution >= 0.6 is 15.9 Å². The van der Waals surface area contributed by atoms with Crippen LogP contribution in [0.4, 0.5) is 0 Å². The van der Waals surface area contributed by atoms with E-state index < -0.39 is 0 Å². The molecule has 2 aromatic rings. The third-order valence-electron chi connectivity index (χ3n) is 2.96. The van der Waals surface area contributed by atoms with E-state index in [9.17, 15) is 4.79 Å². The molecule has 104 valence electrons. The average molecular weight is 335 g/mol. The molecular formula is C16H15BrO3. The molecule has 0 atom stereocenters. The number of methoxy groups -OCH3 is 1. The number of rotatable bonds is 4. The minimum Gasteiger partial charge on any atom is -0.488 e. The standard InChI is InChI=1S/C16H15BrO3/c1-11(16(18)19-2)9-10-20-14-8-7-12-5-3-4-6-13(12)15(14)17/h3-9H,10H2,1-2H3. The molecule has 0 heterocycles. The second-order valence-corrected chi connectivity index (χ2v) is 5.08. The topological polar surface area (TPSA) is 35.5 Å². The summed E-state index contributed by atoms with van der Waals surface area (Å²) < 4.78 is 11.2.